The summed E-state index contributed by atoms with van der Waals surface area (Å²) in [7, 11) is 3.53. The van der Waals surface area contributed by atoms with Gasteiger partial charge < -0.3 is 5.73 Å². The number of aryl methyl sites for hydroxylation is 1. The quantitative estimate of drug-likeness (QED) is 0.851. The highest BCUT2D eigenvalue weighted by Gasteiger charge is 2.36. The Morgan fingerprint density at radius 2 is 2.10 bits per heavy atom. The smallest absolute Gasteiger partial charge is 0.231 e. The predicted molar refractivity (Wildman–Crippen MR) is 84.8 cm³/mol. The molecule has 1 aromatic heterocycles. The van der Waals surface area contributed by atoms with Crippen molar-refractivity contribution in [3.05, 3.63) is 28.4 Å². The second kappa shape index (κ2) is 4.56. The molecule has 1 aliphatic rings. The maximum absolute atomic E-state index is 12.1. The number of nitrogens with two attached hydrogens (primary N) is 1. The maximum atomic E-state index is 12.1. The van der Waals surface area contributed by atoms with Crippen molar-refractivity contribution in [2.45, 2.75) is 18.9 Å². The van der Waals surface area contributed by atoms with Crippen LogP contribution in [0.4, 0.5) is 0 Å². The lowest BCUT2D eigenvalue weighted by atomic mass is 9.87. The Bertz CT molecular complexity index is 781. The van der Waals surface area contributed by atoms with E-state index in [0.29, 0.717) is 6.42 Å². The number of guanidine groups is 1. The molecular formula is C14H16BrN5O. The van der Waals surface area contributed by atoms with Crippen molar-refractivity contribution in [1.82, 2.24) is 14.7 Å². The van der Waals surface area contributed by atoms with Gasteiger partial charge in [-0.2, -0.15) is 5.10 Å². The first kappa shape index (κ1) is 14.1. The van der Waals surface area contributed by atoms with Gasteiger partial charge >= 0.3 is 0 Å². The summed E-state index contributed by atoms with van der Waals surface area (Å²) in [4.78, 5) is 18.0. The molecule has 0 bridgehead atoms. The van der Waals surface area contributed by atoms with Gasteiger partial charge in [0, 0.05) is 19.5 Å². The van der Waals surface area contributed by atoms with Crippen LogP contribution in [0.1, 0.15) is 18.9 Å². The third-order valence-electron chi connectivity index (χ3n) is 4.00. The highest BCUT2D eigenvalue weighted by Crippen LogP contribution is 2.35. The van der Waals surface area contributed by atoms with Crippen LogP contribution in [0.25, 0.3) is 10.9 Å². The van der Waals surface area contributed by atoms with E-state index in [-0.39, 0.29) is 11.9 Å². The van der Waals surface area contributed by atoms with Crippen LogP contribution in [0.15, 0.2) is 27.8 Å². The van der Waals surface area contributed by atoms with E-state index >= 15 is 0 Å². The van der Waals surface area contributed by atoms with Gasteiger partial charge in [-0.1, -0.05) is 6.07 Å². The van der Waals surface area contributed by atoms with E-state index in [9.17, 15) is 4.79 Å². The third kappa shape index (κ3) is 2.12. The summed E-state index contributed by atoms with van der Waals surface area (Å²) < 4.78 is 2.61. The molecule has 2 aromatic rings. The van der Waals surface area contributed by atoms with E-state index < -0.39 is 5.54 Å². The largest absolute Gasteiger partial charge is 0.369 e. The van der Waals surface area contributed by atoms with E-state index in [1.54, 1.807) is 11.7 Å². The topological polar surface area (TPSA) is 76.5 Å². The van der Waals surface area contributed by atoms with E-state index in [4.69, 9.17) is 5.73 Å². The molecule has 7 heteroatoms. The minimum absolute atomic E-state index is 0.0312. The molecule has 1 aromatic carbocycles. The van der Waals surface area contributed by atoms with Crippen LogP contribution in [0.3, 0.4) is 0 Å². The molecule has 2 N–H and O–H groups in total. The Morgan fingerprint density at radius 3 is 2.76 bits per heavy atom. The Hall–Kier alpha value is -1.89. The van der Waals surface area contributed by atoms with Crippen molar-refractivity contribution in [2.75, 3.05) is 7.05 Å². The van der Waals surface area contributed by atoms with Gasteiger partial charge in [-0.05, 0) is 40.5 Å². The molecule has 1 atom stereocenters. The number of halogens is 1. The second-order valence-corrected chi connectivity index (χ2v) is 6.27. The number of hydrogen-bond acceptors (Lipinski definition) is 4. The van der Waals surface area contributed by atoms with Gasteiger partial charge in [-0.3, -0.25) is 14.4 Å². The fraction of sp³-hybridized carbons (Fsp3) is 0.357. The normalized spacial score (nSPS) is 22.8. The number of hydrogen-bond donors (Lipinski definition) is 1. The summed E-state index contributed by atoms with van der Waals surface area (Å²) in [6.07, 6.45) is 0.300. The maximum Gasteiger partial charge on any atom is 0.231 e. The molecule has 0 radical (unpaired) electrons. The van der Waals surface area contributed by atoms with Gasteiger partial charge in [0.15, 0.2) is 5.96 Å². The molecule has 0 saturated heterocycles. The Kier molecular flexibility index (Phi) is 3.05. The molecule has 6 nitrogen and oxygen atoms in total. The van der Waals surface area contributed by atoms with E-state index in [1.807, 2.05) is 32.2 Å². The van der Waals surface area contributed by atoms with E-state index in [0.717, 1.165) is 21.1 Å². The van der Waals surface area contributed by atoms with Crippen LogP contribution in [0.5, 0.6) is 0 Å². The fourth-order valence-corrected chi connectivity index (χ4v) is 3.20. The number of benzene rings is 1. The van der Waals surface area contributed by atoms with Crippen molar-refractivity contribution in [2.24, 2.45) is 17.8 Å². The molecule has 1 amide bonds. The summed E-state index contributed by atoms with van der Waals surface area (Å²) in [6, 6.07) is 5.98. The van der Waals surface area contributed by atoms with E-state index in [2.05, 4.69) is 26.0 Å². The molecule has 0 aliphatic carbocycles. The average molecular weight is 350 g/mol. The molecule has 110 valence electrons. The number of carbonyl (C=O) groups is 1. The molecule has 21 heavy (non-hydrogen) atoms. The molecule has 0 unspecified atom stereocenters. The number of amides is 1. The summed E-state index contributed by atoms with van der Waals surface area (Å²) in [5.41, 5.74) is 7.16. The average Bonchev–Trinajstić information content (AvgIpc) is 2.71. The lowest BCUT2D eigenvalue weighted by Gasteiger charge is -2.33. The lowest BCUT2D eigenvalue weighted by Crippen LogP contribution is -2.47. The molecule has 1 aliphatic heterocycles. The SMILES string of the molecule is CN1C(=O)C[C@@](C)(c2ccc3c(Br)nn(C)c3c2)N=C1N. The monoisotopic (exact) mass is 349 g/mol. The van der Waals surface area contributed by atoms with Gasteiger partial charge in [0.05, 0.1) is 17.5 Å². The van der Waals surface area contributed by atoms with E-state index in [1.165, 1.54) is 4.90 Å². The Balaban J connectivity index is 2.16. The minimum atomic E-state index is -0.640. The van der Waals surface area contributed by atoms with Crippen molar-refractivity contribution >= 4 is 38.7 Å². The number of rotatable bonds is 1. The zero-order chi connectivity index (χ0) is 15.4. The van der Waals surface area contributed by atoms with Gasteiger partial charge in [0.25, 0.3) is 0 Å². The van der Waals surface area contributed by atoms with Gasteiger partial charge in [-0.25, -0.2) is 4.99 Å². The minimum Gasteiger partial charge on any atom is -0.369 e. The van der Waals surface area contributed by atoms with Gasteiger partial charge in [0.2, 0.25) is 5.91 Å². The van der Waals surface area contributed by atoms with Gasteiger partial charge in [-0.15, -0.1) is 0 Å². The number of aliphatic imine (C=N–C) groups is 1. The van der Waals surface area contributed by atoms with Crippen LogP contribution in [-0.4, -0.2) is 33.6 Å². The highest BCUT2D eigenvalue weighted by atomic mass is 79.9. The predicted octanol–water partition coefficient (Wildman–Crippen LogP) is 1.73. The zero-order valence-corrected chi connectivity index (χ0v) is 13.7. The lowest BCUT2D eigenvalue weighted by molar-refractivity contribution is -0.128. The first-order valence-corrected chi connectivity index (χ1v) is 7.36. The molecule has 3 rings (SSSR count). The van der Waals surface area contributed by atoms with Crippen molar-refractivity contribution in [1.29, 1.82) is 0 Å². The zero-order valence-electron chi connectivity index (χ0n) is 12.1. The molecular weight excluding hydrogens is 334 g/mol. The summed E-state index contributed by atoms with van der Waals surface area (Å²) in [6.45, 7) is 1.93. The van der Waals surface area contributed by atoms with Gasteiger partial charge in [0.1, 0.15) is 4.60 Å². The fourth-order valence-electron chi connectivity index (χ4n) is 2.62. The number of fused-ring (bicyclic) bond motifs is 1. The first-order valence-electron chi connectivity index (χ1n) is 6.56. The first-order chi connectivity index (χ1) is 9.82. The summed E-state index contributed by atoms with van der Waals surface area (Å²) in [5.74, 6) is 0.219. The molecule has 0 fully saturated rings. The van der Waals surface area contributed by atoms with Crippen LogP contribution < -0.4 is 5.73 Å². The third-order valence-corrected chi connectivity index (χ3v) is 4.59. The van der Waals surface area contributed by atoms with Crippen molar-refractivity contribution < 1.29 is 4.79 Å². The van der Waals surface area contributed by atoms with Crippen LogP contribution >= 0.6 is 15.9 Å². The summed E-state index contributed by atoms with van der Waals surface area (Å²) >= 11 is 3.44. The highest BCUT2D eigenvalue weighted by molar-refractivity contribution is 9.10. The van der Waals surface area contributed by atoms with Crippen LogP contribution in [0.2, 0.25) is 0 Å². The molecule has 2 heterocycles. The van der Waals surface area contributed by atoms with Crippen LogP contribution in [-0.2, 0) is 17.4 Å². The Labute approximate surface area is 130 Å². The standard InChI is InChI=1S/C14H16BrN5O/c1-14(7-11(21)19(2)13(16)17-14)8-4-5-9-10(6-8)20(3)18-12(9)15/h4-6H,7H2,1-3H3,(H2,16,17)/t14-/m0/s1. The Morgan fingerprint density at radius 1 is 1.38 bits per heavy atom. The molecule has 0 spiro atoms. The summed E-state index contributed by atoms with van der Waals surface area (Å²) in [5, 5.41) is 5.37. The molecule has 0 saturated carbocycles. The van der Waals surface area contributed by atoms with Crippen molar-refractivity contribution in [3.63, 3.8) is 0 Å². The number of carbonyl (C=O) groups excluding carboxylic acids is 1. The van der Waals surface area contributed by atoms with Crippen LogP contribution in [0, 0.1) is 0 Å². The number of aromatic nitrogens is 2. The second-order valence-electron chi connectivity index (χ2n) is 5.52. The number of nitrogens with zero attached hydrogens (tertiary/aromatic N) is 4. The van der Waals surface area contributed by atoms with Crippen molar-refractivity contribution in [3.8, 4) is 0 Å².